The molecule has 5 nitrogen and oxygen atoms in total. The Balaban J connectivity index is 1.89. The van der Waals surface area contributed by atoms with E-state index in [1.807, 2.05) is 74.5 Å². The highest BCUT2D eigenvalue weighted by Gasteiger charge is 2.30. The molecule has 0 aliphatic carbocycles. The zero-order chi connectivity index (χ0) is 23.6. The Kier molecular flexibility index (Phi) is 9.63. The third kappa shape index (κ3) is 7.90. The van der Waals surface area contributed by atoms with Crippen molar-refractivity contribution in [2.75, 3.05) is 11.5 Å². The molecule has 0 aliphatic rings. The van der Waals surface area contributed by atoms with Crippen LogP contribution in [0.4, 0.5) is 0 Å². The summed E-state index contributed by atoms with van der Waals surface area (Å²) in [7, 11) is -1.02. The first kappa shape index (κ1) is 25.8. The van der Waals surface area contributed by atoms with E-state index in [4.69, 9.17) is 0 Å². The first-order chi connectivity index (χ1) is 15.1. The smallest absolute Gasteiger partial charge is 0.304 e. The first-order valence-electron chi connectivity index (χ1n) is 11.0. The summed E-state index contributed by atoms with van der Waals surface area (Å²) in [5, 5.41) is 18.7. The zero-order valence-electron chi connectivity index (χ0n) is 19.0. The van der Waals surface area contributed by atoms with Gasteiger partial charge in [-0.1, -0.05) is 74.5 Å². The minimum Gasteiger partial charge on any atom is -0.481 e. The summed E-state index contributed by atoms with van der Waals surface area (Å²) in [4.78, 5) is 22.8. The quantitative estimate of drug-likeness (QED) is 0.408. The molecule has 0 saturated carbocycles. The number of carbonyl (C=O) groups is 2. The molecule has 2 aromatic rings. The van der Waals surface area contributed by atoms with Crippen LogP contribution in [0.15, 0.2) is 60.7 Å². The molecule has 2 unspecified atom stereocenters. The minimum absolute atomic E-state index is 0.0360. The molecule has 2 rings (SSSR count). The zero-order valence-corrected chi connectivity index (χ0v) is 19.8. The summed E-state index contributed by atoms with van der Waals surface area (Å²) >= 11 is 0. The Morgan fingerprint density at radius 2 is 1.06 bits per heavy atom. The maximum atomic E-state index is 12.6. The van der Waals surface area contributed by atoms with Crippen LogP contribution in [-0.2, 0) is 31.2 Å². The van der Waals surface area contributed by atoms with Crippen molar-refractivity contribution in [2.45, 2.75) is 63.2 Å². The molecule has 0 aromatic heterocycles. The Labute approximate surface area is 193 Å². The molecule has 32 heavy (non-hydrogen) atoms. The molecule has 2 aromatic carbocycles. The number of rotatable bonds is 14. The summed E-state index contributed by atoms with van der Waals surface area (Å²) < 4.78 is 12.6. The average molecular weight is 459 g/mol. The van der Waals surface area contributed by atoms with Crippen molar-refractivity contribution in [3.8, 4) is 0 Å². The minimum atomic E-state index is -1.02. The van der Waals surface area contributed by atoms with E-state index in [0.717, 1.165) is 11.1 Å². The summed E-state index contributed by atoms with van der Waals surface area (Å²) in [6.45, 7) is 3.91. The number of carboxylic acid groups (broad SMARTS) is 2. The van der Waals surface area contributed by atoms with Crippen LogP contribution in [0.5, 0.6) is 0 Å². The average Bonchev–Trinajstić information content (AvgIpc) is 2.74. The van der Waals surface area contributed by atoms with Gasteiger partial charge in [-0.2, -0.15) is 0 Å². The molecule has 0 bridgehead atoms. The molecule has 0 amide bonds. The lowest BCUT2D eigenvalue weighted by Gasteiger charge is -2.29. The van der Waals surface area contributed by atoms with Gasteiger partial charge in [0, 0.05) is 33.1 Å². The van der Waals surface area contributed by atoms with E-state index in [2.05, 4.69) is 0 Å². The van der Waals surface area contributed by atoms with Gasteiger partial charge >= 0.3 is 11.9 Å². The van der Waals surface area contributed by atoms with E-state index in [0.29, 0.717) is 37.2 Å². The summed E-state index contributed by atoms with van der Waals surface area (Å²) in [5.74, 6) is -0.640. The number of hydrogen-bond acceptors (Lipinski definition) is 3. The maximum Gasteiger partial charge on any atom is 0.304 e. The van der Waals surface area contributed by atoms with Gasteiger partial charge in [-0.3, -0.25) is 13.8 Å². The fraction of sp³-hybridized carbons (Fsp3) is 0.462. The van der Waals surface area contributed by atoms with Gasteiger partial charge in [0.25, 0.3) is 0 Å². The van der Waals surface area contributed by atoms with Crippen LogP contribution in [0, 0.1) is 0 Å². The van der Waals surface area contributed by atoms with Gasteiger partial charge in [-0.25, -0.2) is 0 Å². The summed E-state index contributed by atoms with van der Waals surface area (Å²) in [5.41, 5.74) is 0.982. The molecule has 0 radical (unpaired) electrons. The van der Waals surface area contributed by atoms with Crippen LogP contribution in [0.2, 0.25) is 0 Å². The van der Waals surface area contributed by atoms with Crippen LogP contribution in [0.3, 0.4) is 0 Å². The fourth-order valence-corrected chi connectivity index (χ4v) is 5.50. The fourth-order valence-electron chi connectivity index (χ4n) is 4.37. The van der Waals surface area contributed by atoms with Crippen molar-refractivity contribution in [3.63, 3.8) is 0 Å². The lowest BCUT2D eigenvalue weighted by atomic mass is 9.76. The van der Waals surface area contributed by atoms with Crippen LogP contribution in [0.25, 0.3) is 0 Å². The highest BCUT2D eigenvalue weighted by atomic mass is 32.2. The van der Waals surface area contributed by atoms with E-state index in [1.54, 1.807) is 0 Å². The van der Waals surface area contributed by atoms with E-state index in [1.165, 1.54) is 0 Å². The van der Waals surface area contributed by atoms with Crippen LogP contribution in [0.1, 0.15) is 63.5 Å². The highest BCUT2D eigenvalue weighted by Crippen LogP contribution is 2.34. The number of carboxylic acids is 2. The molecule has 0 heterocycles. The molecule has 2 atom stereocenters. The van der Waals surface area contributed by atoms with Crippen molar-refractivity contribution in [1.82, 2.24) is 0 Å². The van der Waals surface area contributed by atoms with Gasteiger partial charge in [0.05, 0.1) is 12.8 Å². The lowest BCUT2D eigenvalue weighted by Crippen LogP contribution is -2.27. The number of hydrogen-bond donors (Lipinski definition) is 2. The monoisotopic (exact) mass is 458 g/mol. The van der Waals surface area contributed by atoms with Gasteiger partial charge in [-0.15, -0.1) is 0 Å². The van der Waals surface area contributed by atoms with Gasteiger partial charge in [-0.05, 0) is 36.8 Å². The van der Waals surface area contributed by atoms with Crippen molar-refractivity contribution >= 4 is 22.7 Å². The van der Waals surface area contributed by atoms with Crippen LogP contribution >= 0.6 is 0 Å². The van der Waals surface area contributed by atoms with Crippen molar-refractivity contribution in [2.24, 2.45) is 0 Å². The standard InChI is InChI=1S/C26H34O5S/c1-25(19-23(27)28,21-11-5-3-6-12-21)15-9-17-32(31)18-10-16-26(2,20-24(29)30)22-13-7-4-8-14-22/h3-8,11-14H,9-10,15-20H2,1-2H3,(H,27,28)(H,29,30). The SMILES string of the molecule is CC(CCCS(=O)CCCC(C)(CC(=O)O)c1ccccc1)(CC(=O)O)c1ccccc1. The van der Waals surface area contributed by atoms with E-state index in [-0.39, 0.29) is 12.8 Å². The Morgan fingerprint density at radius 1 is 0.719 bits per heavy atom. The number of aliphatic carboxylic acids is 2. The Hall–Kier alpha value is -2.47. The summed E-state index contributed by atoms with van der Waals surface area (Å²) in [6.07, 6.45) is 2.72. The molecule has 0 aliphatic heterocycles. The molecule has 0 spiro atoms. The van der Waals surface area contributed by atoms with Gasteiger partial charge in [0.1, 0.15) is 0 Å². The predicted octanol–water partition coefficient (Wildman–Crippen LogP) is 5.16. The highest BCUT2D eigenvalue weighted by molar-refractivity contribution is 7.84. The van der Waals surface area contributed by atoms with Crippen molar-refractivity contribution < 1.29 is 24.0 Å². The first-order valence-corrected chi connectivity index (χ1v) is 12.5. The maximum absolute atomic E-state index is 12.6. The normalized spacial score (nSPS) is 15.9. The third-order valence-corrected chi connectivity index (χ3v) is 7.71. The van der Waals surface area contributed by atoms with Crippen LogP contribution < -0.4 is 0 Å². The van der Waals surface area contributed by atoms with E-state index < -0.39 is 33.6 Å². The van der Waals surface area contributed by atoms with Gasteiger partial charge < -0.3 is 10.2 Å². The molecule has 6 heteroatoms. The van der Waals surface area contributed by atoms with Gasteiger partial charge in [0.2, 0.25) is 0 Å². The Bertz CT molecular complexity index is 825. The molecular weight excluding hydrogens is 424 g/mol. The topological polar surface area (TPSA) is 91.7 Å². The molecule has 0 saturated heterocycles. The predicted molar refractivity (Wildman–Crippen MR) is 128 cm³/mol. The Morgan fingerprint density at radius 3 is 1.38 bits per heavy atom. The third-order valence-electron chi connectivity index (χ3n) is 6.23. The van der Waals surface area contributed by atoms with Crippen molar-refractivity contribution in [3.05, 3.63) is 71.8 Å². The lowest BCUT2D eigenvalue weighted by molar-refractivity contribution is -0.139. The van der Waals surface area contributed by atoms with E-state index in [9.17, 15) is 24.0 Å². The molecule has 174 valence electrons. The van der Waals surface area contributed by atoms with Crippen LogP contribution in [-0.4, -0.2) is 37.9 Å². The van der Waals surface area contributed by atoms with E-state index >= 15 is 0 Å². The summed E-state index contributed by atoms with van der Waals surface area (Å²) in [6, 6.07) is 19.3. The molecule has 2 N–H and O–H groups in total. The molecule has 0 fully saturated rings. The largest absolute Gasteiger partial charge is 0.481 e. The number of benzene rings is 2. The molecular formula is C26H34O5S. The van der Waals surface area contributed by atoms with Crippen molar-refractivity contribution in [1.29, 1.82) is 0 Å². The second-order valence-electron chi connectivity index (χ2n) is 9.05. The second kappa shape index (κ2) is 12.0. The second-order valence-corrected chi connectivity index (χ2v) is 10.7. The van der Waals surface area contributed by atoms with Gasteiger partial charge in [0.15, 0.2) is 0 Å².